The third kappa shape index (κ3) is 3.73. The second kappa shape index (κ2) is 5.73. The molecule has 0 heterocycles. The summed E-state index contributed by atoms with van der Waals surface area (Å²) in [4.78, 5) is 11.3. The molecule has 0 radical (unpaired) electrons. The van der Waals surface area contributed by atoms with E-state index >= 15 is 0 Å². The fourth-order valence-corrected chi connectivity index (χ4v) is 1.75. The van der Waals surface area contributed by atoms with Crippen LogP contribution in [0.25, 0.3) is 0 Å². The van der Waals surface area contributed by atoms with Crippen LogP contribution < -0.4 is 4.74 Å². The Morgan fingerprint density at radius 2 is 2.06 bits per heavy atom. The number of para-hydroxylation sites is 1. The van der Waals surface area contributed by atoms with Crippen molar-refractivity contribution in [3.8, 4) is 5.75 Å². The van der Waals surface area contributed by atoms with E-state index in [0.29, 0.717) is 12.0 Å². The lowest BCUT2D eigenvalue weighted by molar-refractivity contribution is -0.275. The fraction of sp³-hybridized carbons (Fsp3) is 0.417. The molecule has 0 bridgehead atoms. The molecular weight excluding hydrogens is 313 g/mol. The van der Waals surface area contributed by atoms with Crippen molar-refractivity contribution in [3.63, 3.8) is 0 Å². The number of hydrogen-bond acceptors (Lipinski definition) is 2. The topological polar surface area (TPSA) is 26.3 Å². The van der Waals surface area contributed by atoms with Gasteiger partial charge in [0.15, 0.2) is 5.78 Å². The van der Waals surface area contributed by atoms with Crippen molar-refractivity contribution in [2.24, 2.45) is 0 Å². The minimum atomic E-state index is -4.81. The average Bonchev–Trinajstić information content (AvgIpc) is 2.26. The van der Waals surface area contributed by atoms with Crippen LogP contribution in [0.5, 0.6) is 5.75 Å². The summed E-state index contributed by atoms with van der Waals surface area (Å²) in [5, 5.41) is 0. The van der Waals surface area contributed by atoms with E-state index in [1.807, 2.05) is 0 Å². The van der Waals surface area contributed by atoms with Gasteiger partial charge in [-0.2, -0.15) is 0 Å². The molecule has 0 aliphatic carbocycles. The molecule has 0 aromatic heterocycles. The van der Waals surface area contributed by atoms with E-state index in [2.05, 4.69) is 20.7 Å². The molecule has 18 heavy (non-hydrogen) atoms. The monoisotopic (exact) mass is 324 g/mol. The van der Waals surface area contributed by atoms with Crippen molar-refractivity contribution in [1.29, 1.82) is 0 Å². The summed E-state index contributed by atoms with van der Waals surface area (Å²) in [6.07, 6.45) is -4.46. The maximum atomic E-state index is 12.4. The van der Waals surface area contributed by atoms with Crippen molar-refractivity contribution in [2.75, 3.05) is 0 Å². The molecule has 2 nitrogen and oxygen atoms in total. The number of benzene rings is 1. The Bertz CT molecular complexity index is 441. The van der Waals surface area contributed by atoms with Gasteiger partial charge in [-0.05, 0) is 25.0 Å². The lowest BCUT2D eigenvalue weighted by atomic mass is 10.0. The van der Waals surface area contributed by atoms with Crippen LogP contribution in [0.3, 0.4) is 0 Å². The molecule has 0 N–H and O–H groups in total. The van der Waals surface area contributed by atoms with Gasteiger partial charge in [0.05, 0.1) is 10.4 Å². The molecule has 1 aromatic carbocycles. The first-order valence-electron chi connectivity index (χ1n) is 5.32. The molecule has 0 spiro atoms. The Morgan fingerprint density at radius 3 is 2.50 bits per heavy atom. The molecule has 0 saturated heterocycles. The summed E-state index contributed by atoms with van der Waals surface area (Å²) < 4.78 is 41.1. The van der Waals surface area contributed by atoms with Crippen LogP contribution in [0.1, 0.15) is 29.8 Å². The van der Waals surface area contributed by atoms with Gasteiger partial charge in [0.1, 0.15) is 5.75 Å². The molecule has 1 atom stereocenters. The lowest BCUT2D eigenvalue weighted by Gasteiger charge is -2.16. The smallest absolute Gasteiger partial charge is 0.405 e. The van der Waals surface area contributed by atoms with Gasteiger partial charge in [-0.15, -0.1) is 13.2 Å². The largest absolute Gasteiger partial charge is 0.573 e. The third-order valence-corrected chi connectivity index (χ3v) is 2.74. The molecule has 0 aliphatic heterocycles. The Kier molecular flexibility index (Phi) is 4.78. The number of carbonyl (C=O) groups excluding carboxylic acids is 1. The normalized spacial score (nSPS) is 13.2. The quantitative estimate of drug-likeness (QED) is 0.615. The van der Waals surface area contributed by atoms with Gasteiger partial charge >= 0.3 is 6.36 Å². The van der Waals surface area contributed by atoms with E-state index in [1.165, 1.54) is 12.1 Å². The van der Waals surface area contributed by atoms with Gasteiger partial charge in [0.25, 0.3) is 0 Å². The summed E-state index contributed by atoms with van der Waals surface area (Å²) in [6, 6.07) is 4.39. The Morgan fingerprint density at radius 1 is 1.44 bits per heavy atom. The minimum absolute atomic E-state index is 0.0592. The summed E-state index contributed by atoms with van der Waals surface area (Å²) in [7, 11) is 0. The molecule has 1 aromatic rings. The molecule has 1 unspecified atom stereocenters. The molecule has 6 heteroatoms. The van der Waals surface area contributed by atoms with Crippen LogP contribution in [-0.2, 0) is 6.42 Å². The zero-order valence-corrected chi connectivity index (χ0v) is 11.4. The lowest BCUT2D eigenvalue weighted by Crippen LogP contribution is -2.21. The summed E-state index contributed by atoms with van der Waals surface area (Å²) in [5.74, 6) is -0.839. The van der Waals surface area contributed by atoms with E-state index in [9.17, 15) is 18.0 Å². The van der Waals surface area contributed by atoms with Crippen LogP contribution in [0, 0.1) is 0 Å². The number of rotatable bonds is 4. The van der Waals surface area contributed by atoms with E-state index < -0.39 is 22.7 Å². The highest BCUT2D eigenvalue weighted by Gasteiger charge is 2.34. The molecule has 0 amide bonds. The van der Waals surface area contributed by atoms with Gasteiger partial charge in [-0.3, -0.25) is 4.79 Å². The van der Waals surface area contributed by atoms with Crippen molar-refractivity contribution in [2.45, 2.75) is 31.5 Å². The van der Waals surface area contributed by atoms with Crippen molar-refractivity contribution in [1.82, 2.24) is 0 Å². The first-order chi connectivity index (χ1) is 8.26. The molecule has 1 rings (SSSR count). The van der Waals surface area contributed by atoms with Gasteiger partial charge in [-0.25, -0.2) is 0 Å². The van der Waals surface area contributed by atoms with E-state index in [1.54, 1.807) is 19.9 Å². The van der Waals surface area contributed by atoms with Crippen molar-refractivity contribution in [3.05, 3.63) is 29.3 Å². The van der Waals surface area contributed by atoms with Gasteiger partial charge in [-0.1, -0.05) is 35.0 Å². The number of carbonyl (C=O) groups is 1. The highest BCUT2D eigenvalue weighted by molar-refractivity contribution is 9.10. The number of halogens is 4. The first kappa shape index (κ1) is 15.0. The SMILES string of the molecule is CCc1cccc(C(=O)C(C)Br)c1OC(F)(F)F. The summed E-state index contributed by atoms with van der Waals surface area (Å²) in [5.41, 5.74) is 0.294. The number of ether oxygens (including phenoxy) is 1. The van der Waals surface area contributed by atoms with E-state index in [-0.39, 0.29) is 5.56 Å². The van der Waals surface area contributed by atoms with Crippen molar-refractivity contribution >= 4 is 21.7 Å². The molecule has 0 fully saturated rings. The average molecular weight is 325 g/mol. The number of Topliss-reactive ketones (excluding diaryl/α,β-unsaturated/α-hetero) is 1. The molecule has 0 aliphatic rings. The number of ketones is 1. The summed E-state index contributed by atoms with van der Waals surface area (Å²) >= 11 is 3.05. The van der Waals surface area contributed by atoms with Gasteiger partial charge < -0.3 is 4.74 Å². The highest BCUT2D eigenvalue weighted by Crippen LogP contribution is 2.32. The highest BCUT2D eigenvalue weighted by atomic mass is 79.9. The maximum absolute atomic E-state index is 12.4. The summed E-state index contributed by atoms with van der Waals surface area (Å²) in [6.45, 7) is 3.25. The molecule has 0 saturated carbocycles. The van der Waals surface area contributed by atoms with Gasteiger partial charge in [0, 0.05) is 0 Å². The maximum Gasteiger partial charge on any atom is 0.573 e. The van der Waals surface area contributed by atoms with E-state index in [4.69, 9.17) is 0 Å². The second-order valence-electron chi connectivity index (χ2n) is 3.68. The predicted molar refractivity (Wildman–Crippen MR) is 65.2 cm³/mol. The zero-order valence-electron chi connectivity index (χ0n) is 9.84. The van der Waals surface area contributed by atoms with Crippen LogP contribution in [0.4, 0.5) is 13.2 Å². The number of aryl methyl sites for hydroxylation is 1. The van der Waals surface area contributed by atoms with Crippen LogP contribution in [0.2, 0.25) is 0 Å². The Balaban J connectivity index is 3.29. The fourth-order valence-electron chi connectivity index (χ4n) is 1.51. The first-order valence-corrected chi connectivity index (χ1v) is 6.23. The Hall–Kier alpha value is -1.04. The number of hydrogen-bond donors (Lipinski definition) is 0. The van der Waals surface area contributed by atoms with E-state index in [0.717, 1.165) is 0 Å². The third-order valence-electron chi connectivity index (χ3n) is 2.32. The van der Waals surface area contributed by atoms with Crippen molar-refractivity contribution < 1.29 is 22.7 Å². The van der Waals surface area contributed by atoms with Crippen LogP contribution in [0.15, 0.2) is 18.2 Å². The Labute approximate surface area is 111 Å². The van der Waals surface area contributed by atoms with Gasteiger partial charge in [0.2, 0.25) is 0 Å². The minimum Gasteiger partial charge on any atom is -0.405 e. The number of alkyl halides is 4. The molecule has 100 valence electrons. The standard InChI is InChI=1S/C12H12BrF3O2/c1-3-8-5-4-6-9(10(17)7(2)13)11(8)18-12(14,15)16/h4-7H,3H2,1-2H3. The second-order valence-corrected chi connectivity index (χ2v) is 5.05. The van der Waals surface area contributed by atoms with Crippen LogP contribution in [-0.4, -0.2) is 17.0 Å². The van der Waals surface area contributed by atoms with Crippen LogP contribution >= 0.6 is 15.9 Å². The molecular formula is C12H12BrF3O2. The predicted octanol–water partition coefficient (Wildman–Crippen LogP) is 4.11. The zero-order chi connectivity index (χ0) is 13.9.